The van der Waals surface area contributed by atoms with Gasteiger partial charge in [-0.1, -0.05) is 6.58 Å². The molecular formula is C23H30O6. The van der Waals surface area contributed by atoms with Gasteiger partial charge in [0.05, 0.1) is 0 Å². The van der Waals surface area contributed by atoms with Gasteiger partial charge in [0.2, 0.25) is 0 Å². The molecule has 0 amide bonds. The van der Waals surface area contributed by atoms with Crippen molar-refractivity contribution in [1.29, 1.82) is 0 Å². The summed E-state index contributed by atoms with van der Waals surface area (Å²) in [7, 11) is 0. The van der Waals surface area contributed by atoms with E-state index in [-0.39, 0.29) is 47.8 Å². The summed E-state index contributed by atoms with van der Waals surface area (Å²) in [5, 5.41) is 0. The van der Waals surface area contributed by atoms with Gasteiger partial charge in [0.15, 0.2) is 0 Å². The maximum absolute atomic E-state index is 13.1. The van der Waals surface area contributed by atoms with Crippen LogP contribution in [0.3, 0.4) is 0 Å². The highest BCUT2D eigenvalue weighted by atomic mass is 16.5. The maximum atomic E-state index is 13.1. The van der Waals surface area contributed by atoms with Crippen LogP contribution in [0.1, 0.15) is 70.6 Å². The van der Waals surface area contributed by atoms with Crippen LogP contribution in [0, 0.1) is 23.7 Å². The zero-order valence-corrected chi connectivity index (χ0v) is 16.9. The summed E-state index contributed by atoms with van der Waals surface area (Å²) in [5.74, 6) is -1.64. The van der Waals surface area contributed by atoms with Crippen molar-refractivity contribution in [2.45, 2.75) is 76.7 Å². The number of carbonyl (C=O) groups excluding carboxylic acids is 5. The van der Waals surface area contributed by atoms with Crippen LogP contribution in [-0.2, 0) is 28.7 Å². The molecule has 29 heavy (non-hydrogen) atoms. The lowest BCUT2D eigenvalue weighted by Gasteiger charge is -2.36. The molecule has 158 valence electrons. The Balaban J connectivity index is 1.73. The Bertz CT molecular complexity index is 660. The predicted molar refractivity (Wildman–Crippen MR) is 105 cm³/mol. The summed E-state index contributed by atoms with van der Waals surface area (Å²) in [6, 6.07) is 0. The molecule has 0 heterocycles. The molecule has 4 unspecified atom stereocenters. The topological polar surface area (TPSA) is 94.6 Å². The fraction of sp³-hybridized carbons (Fsp3) is 0.696. The standard InChI is InChI=1S/C23H30O6/c1-2-21(26)29-20-12-16(22(27)14-5-3-7-18(24)10-14)9-17(13-20)23(28)15-6-4-8-19(25)11-15/h2,14-17,20H,1,3-13H2. The molecule has 6 heteroatoms. The Labute approximate surface area is 171 Å². The van der Waals surface area contributed by atoms with Gasteiger partial charge in [0, 0.05) is 55.4 Å². The van der Waals surface area contributed by atoms with Crippen molar-refractivity contribution in [2.75, 3.05) is 0 Å². The molecule has 0 aromatic carbocycles. The van der Waals surface area contributed by atoms with Crippen LogP contribution in [0.2, 0.25) is 0 Å². The summed E-state index contributed by atoms with van der Waals surface area (Å²) in [4.78, 5) is 61.6. The minimum Gasteiger partial charge on any atom is -0.459 e. The Morgan fingerprint density at radius 2 is 1.28 bits per heavy atom. The molecule has 3 rings (SSSR count). The Morgan fingerprint density at radius 3 is 1.69 bits per heavy atom. The number of ether oxygens (including phenoxy) is 1. The van der Waals surface area contributed by atoms with E-state index in [1.807, 2.05) is 0 Å². The average molecular weight is 402 g/mol. The third kappa shape index (κ3) is 5.49. The van der Waals surface area contributed by atoms with Crippen LogP contribution in [0.4, 0.5) is 0 Å². The normalized spacial score (nSPS) is 33.0. The van der Waals surface area contributed by atoms with E-state index in [0.29, 0.717) is 44.9 Å². The number of hydrogen-bond donors (Lipinski definition) is 0. The first-order valence-electron chi connectivity index (χ1n) is 10.8. The predicted octanol–water partition coefficient (Wildman–Crippen LogP) is 3.16. The van der Waals surface area contributed by atoms with E-state index in [4.69, 9.17) is 4.74 Å². The highest BCUT2D eigenvalue weighted by molar-refractivity contribution is 5.93. The van der Waals surface area contributed by atoms with Crippen molar-refractivity contribution in [3.8, 4) is 0 Å². The number of ketones is 4. The van der Waals surface area contributed by atoms with Crippen molar-refractivity contribution in [1.82, 2.24) is 0 Å². The van der Waals surface area contributed by atoms with Crippen LogP contribution in [-0.4, -0.2) is 35.2 Å². The molecule has 0 bridgehead atoms. The minimum absolute atomic E-state index is 0.0231. The molecule has 6 nitrogen and oxygen atoms in total. The Kier molecular flexibility index (Phi) is 7.14. The summed E-state index contributed by atoms with van der Waals surface area (Å²) in [5.41, 5.74) is 0. The summed E-state index contributed by atoms with van der Waals surface area (Å²) in [6.07, 6.45) is 6.24. The van der Waals surface area contributed by atoms with E-state index in [1.165, 1.54) is 0 Å². The first kappa shape index (κ1) is 21.6. The molecular weight excluding hydrogens is 372 g/mol. The molecule has 0 aromatic heterocycles. The van der Waals surface area contributed by atoms with Crippen LogP contribution < -0.4 is 0 Å². The van der Waals surface area contributed by atoms with Crippen molar-refractivity contribution < 1.29 is 28.7 Å². The van der Waals surface area contributed by atoms with E-state index in [1.54, 1.807) is 0 Å². The molecule has 0 N–H and O–H groups in total. The summed E-state index contributed by atoms with van der Waals surface area (Å²) >= 11 is 0. The van der Waals surface area contributed by atoms with Crippen LogP contribution >= 0.6 is 0 Å². The van der Waals surface area contributed by atoms with Crippen molar-refractivity contribution in [3.63, 3.8) is 0 Å². The second kappa shape index (κ2) is 9.59. The van der Waals surface area contributed by atoms with Gasteiger partial charge in [-0.3, -0.25) is 19.2 Å². The van der Waals surface area contributed by atoms with E-state index in [2.05, 4.69) is 6.58 Å². The van der Waals surface area contributed by atoms with Gasteiger partial charge in [-0.15, -0.1) is 0 Å². The van der Waals surface area contributed by atoms with Gasteiger partial charge in [0.1, 0.15) is 29.2 Å². The molecule has 3 fully saturated rings. The van der Waals surface area contributed by atoms with Crippen LogP contribution in [0.5, 0.6) is 0 Å². The molecule has 3 aliphatic rings. The highest BCUT2D eigenvalue weighted by Gasteiger charge is 2.42. The summed E-state index contributed by atoms with van der Waals surface area (Å²) < 4.78 is 5.42. The first-order valence-corrected chi connectivity index (χ1v) is 10.8. The van der Waals surface area contributed by atoms with E-state index < -0.39 is 23.9 Å². The van der Waals surface area contributed by atoms with Crippen LogP contribution in [0.15, 0.2) is 12.7 Å². The second-order valence-electron chi connectivity index (χ2n) is 8.83. The molecule has 0 radical (unpaired) electrons. The fourth-order valence-electron chi connectivity index (χ4n) is 5.24. The lowest BCUT2D eigenvalue weighted by molar-refractivity contribution is -0.151. The molecule has 0 spiro atoms. The number of hydrogen-bond acceptors (Lipinski definition) is 6. The van der Waals surface area contributed by atoms with Gasteiger partial charge >= 0.3 is 5.97 Å². The molecule has 4 atom stereocenters. The molecule has 0 saturated heterocycles. The SMILES string of the molecule is C=CC(=O)OC1CC(C(=O)C2CCCC(=O)C2)CC(C(=O)C2CCCC(=O)C2)C1. The Morgan fingerprint density at radius 1 is 0.793 bits per heavy atom. The maximum Gasteiger partial charge on any atom is 0.330 e. The van der Waals surface area contributed by atoms with Crippen LogP contribution in [0.25, 0.3) is 0 Å². The van der Waals surface area contributed by atoms with Crippen molar-refractivity contribution in [2.24, 2.45) is 23.7 Å². The van der Waals surface area contributed by atoms with E-state index in [9.17, 15) is 24.0 Å². The lowest BCUT2D eigenvalue weighted by atomic mass is 9.69. The minimum atomic E-state index is -0.560. The first-order chi connectivity index (χ1) is 13.9. The average Bonchev–Trinajstić information content (AvgIpc) is 2.72. The number of Topliss-reactive ketones (excluding diaryl/α,β-unsaturated/α-hetero) is 4. The van der Waals surface area contributed by atoms with Gasteiger partial charge < -0.3 is 4.74 Å². The quantitative estimate of drug-likeness (QED) is 0.500. The van der Waals surface area contributed by atoms with Crippen molar-refractivity contribution in [3.05, 3.63) is 12.7 Å². The number of carbonyl (C=O) groups is 5. The third-order valence-corrected chi connectivity index (χ3v) is 6.69. The van der Waals surface area contributed by atoms with Crippen molar-refractivity contribution >= 4 is 29.1 Å². The van der Waals surface area contributed by atoms with Gasteiger partial charge in [0.25, 0.3) is 0 Å². The largest absolute Gasteiger partial charge is 0.459 e. The zero-order valence-electron chi connectivity index (χ0n) is 16.9. The Hall–Kier alpha value is -2.11. The summed E-state index contributed by atoms with van der Waals surface area (Å²) in [6.45, 7) is 3.41. The fourth-order valence-corrected chi connectivity index (χ4v) is 5.24. The second-order valence-corrected chi connectivity index (χ2v) is 8.83. The van der Waals surface area contributed by atoms with Gasteiger partial charge in [-0.2, -0.15) is 0 Å². The smallest absolute Gasteiger partial charge is 0.330 e. The monoisotopic (exact) mass is 402 g/mol. The number of rotatable bonds is 6. The van der Waals surface area contributed by atoms with Gasteiger partial charge in [-0.25, -0.2) is 4.79 Å². The molecule has 3 saturated carbocycles. The third-order valence-electron chi connectivity index (χ3n) is 6.69. The molecule has 0 aliphatic heterocycles. The molecule has 3 aliphatic carbocycles. The van der Waals surface area contributed by atoms with E-state index in [0.717, 1.165) is 18.9 Å². The zero-order chi connectivity index (χ0) is 21.0. The number of esters is 1. The van der Waals surface area contributed by atoms with Gasteiger partial charge in [-0.05, 0) is 44.9 Å². The lowest BCUT2D eigenvalue weighted by Crippen LogP contribution is -2.41. The highest BCUT2D eigenvalue weighted by Crippen LogP contribution is 2.38. The molecule has 0 aromatic rings. The van der Waals surface area contributed by atoms with E-state index >= 15 is 0 Å².